The molecular weight excluding hydrogens is 231 g/mol. The van der Waals surface area contributed by atoms with Crippen LogP contribution in [-0.4, -0.2) is 16.5 Å². The third-order valence-electron chi connectivity index (χ3n) is 2.49. The van der Waals surface area contributed by atoms with Crippen molar-refractivity contribution in [2.24, 2.45) is 0 Å². The molecule has 0 aliphatic heterocycles. The van der Waals surface area contributed by atoms with E-state index in [1.165, 1.54) is 18.5 Å². The molecule has 0 saturated carbocycles. The lowest BCUT2D eigenvalue weighted by molar-refractivity contribution is 0.625. The number of halogens is 1. The second-order valence-corrected chi connectivity index (χ2v) is 3.57. The van der Waals surface area contributed by atoms with Gasteiger partial charge < -0.3 is 4.90 Å². The number of para-hydroxylation sites is 1. The van der Waals surface area contributed by atoms with Gasteiger partial charge in [0.2, 0.25) is 0 Å². The van der Waals surface area contributed by atoms with Crippen LogP contribution in [0.15, 0.2) is 36.7 Å². The number of nitrogens with zero attached hydrogens (tertiary/aromatic N) is 4. The van der Waals surface area contributed by atoms with E-state index in [9.17, 15) is 4.39 Å². The van der Waals surface area contributed by atoms with E-state index in [2.05, 4.69) is 9.97 Å². The predicted molar refractivity (Wildman–Crippen MR) is 65.8 cm³/mol. The molecule has 0 N–H and O–H groups in total. The van der Waals surface area contributed by atoms with Crippen LogP contribution in [0, 0.1) is 17.1 Å². The van der Waals surface area contributed by atoms with Gasteiger partial charge in [0.25, 0.3) is 0 Å². The summed E-state index contributed by atoms with van der Waals surface area (Å²) in [5, 5.41) is 8.66. The van der Waals surface area contributed by atoms with E-state index in [0.29, 0.717) is 18.1 Å². The van der Waals surface area contributed by atoms with Crippen LogP contribution >= 0.6 is 0 Å². The minimum absolute atomic E-state index is 0.239. The predicted octanol–water partition coefficient (Wildman–Crippen LogP) is 2.65. The molecule has 0 aliphatic carbocycles. The van der Waals surface area contributed by atoms with E-state index in [1.807, 2.05) is 13.0 Å². The molecule has 5 heteroatoms. The fourth-order valence-electron chi connectivity index (χ4n) is 1.64. The van der Waals surface area contributed by atoms with E-state index in [4.69, 9.17) is 5.26 Å². The Morgan fingerprint density at radius 3 is 2.61 bits per heavy atom. The lowest BCUT2D eigenvalue weighted by atomic mass is 10.2. The van der Waals surface area contributed by atoms with Gasteiger partial charge in [-0.25, -0.2) is 14.4 Å². The summed E-state index contributed by atoms with van der Waals surface area (Å²) in [6, 6.07) is 8.37. The van der Waals surface area contributed by atoms with E-state index in [1.54, 1.807) is 23.1 Å². The number of hydrogen-bond acceptors (Lipinski definition) is 4. The fourth-order valence-corrected chi connectivity index (χ4v) is 1.64. The maximum atomic E-state index is 13.7. The second-order valence-electron chi connectivity index (χ2n) is 3.57. The molecule has 0 amide bonds. The summed E-state index contributed by atoms with van der Waals surface area (Å²) in [4.78, 5) is 9.74. The monoisotopic (exact) mass is 242 g/mol. The first-order valence-electron chi connectivity index (χ1n) is 5.50. The quantitative estimate of drug-likeness (QED) is 0.830. The van der Waals surface area contributed by atoms with Crippen molar-refractivity contribution in [1.82, 2.24) is 9.97 Å². The van der Waals surface area contributed by atoms with Gasteiger partial charge in [0, 0.05) is 6.54 Å². The van der Waals surface area contributed by atoms with Crippen molar-refractivity contribution >= 4 is 11.5 Å². The number of rotatable bonds is 3. The van der Waals surface area contributed by atoms with E-state index in [-0.39, 0.29) is 11.5 Å². The molecule has 0 radical (unpaired) electrons. The van der Waals surface area contributed by atoms with Gasteiger partial charge in [-0.1, -0.05) is 12.1 Å². The Bertz CT molecular complexity index is 574. The number of nitriles is 1. The van der Waals surface area contributed by atoms with Gasteiger partial charge in [0.1, 0.15) is 11.9 Å². The zero-order valence-electron chi connectivity index (χ0n) is 9.84. The topological polar surface area (TPSA) is 52.8 Å². The summed E-state index contributed by atoms with van der Waals surface area (Å²) in [5.74, 6) is 0.201. The van der Waals surface area contributed by atoms with E-state index >= 15 is 0 Å². The Hall–Kier alpha value is -2.48. The Morgan fingerprint density at radius 1 is 1.28 bits per heavy atom. The molecule has 0 bridgehead atoms. The van der Waals surface area contributed by atoms with Crippen LogP contribution in [-0.2, 0) is 0 Å². The van der Waals surface area contributed by atoms with Crippen molar-refractivity contribution in [1.29, 1.82) is 5.26 Å². The summed E-state index contributed by atoms with van der Waals surface area (Å²) >= 11 is 0. The molecule has 4 nitrogen and oxygen atoms in total. The van der Waals surface area contributed by atoms with Crippen molar-refractivity contribution in [2.75, 3.05) is 11.4 Å². The molecule has 0 fully saturated rings. The summed E-state index contributed by atoms with van der Waals surface area (Å²) < 4.78 is 13.7. The summed E-state index contributed by atoms with van der Waals surface area (Å²) in [7, 11) is 0. The molecule has 2 rings (SSSR count). The van der Waals surface area contributed by atoms with E-state index < -0.39 is 0 Å². The molecule has 2 aromatic rings. The molecule has 90 valence electrons. The SMILES string of the molecule is CCN(c1cnc(C#N)cn1)c1ccccc1F. The number of anilines is 2. The Kier molecular flexibility index (Phi) is 3.49. The van der Waals surface area contributed by atoms with Crippen molar-refractivity contribution < 1.29 is 4.39 Å². The van der Waals surface area contributed by atoms with Crippen molar-refractivity contribution in [3.05, 3.63) is 48.2 Å². The smallest absolute Gasteiger partial charge is 0.158 e. The summed E-state index contributed by atoms with van der Waals surface area (Å²) in [6.07, 6.45) is 2.84. The molecule has 0 unspecified atom stereocenters. The van der Waals surface area contributed by atoms with Crippen LogP contribution in [0.1, 0.15) is 12.6 Å². The van der Waals surface area contributed by atoms with Crippen molar-refractivity contribution in [3.8, 4) is 6.07 Å². The van der Waals surface area contributed by atoms with Gasteiger partial charge in [0.05, 0.1) is 18.1 Å². The van der Waals surface area contributed by atoms with Crippen LogP contribution in [0.2, 0.25) is 0 Å². The highest BCUT2D eigenvalue weighted by molar-refractivity contribution is 5.59. The first kappa shape index (κ1) is 12.0. The minimum atomic E-state index is -0.314. The van der Waals surface area contributed by atoms with Crippen LogP contribution < -0.4 is 4.90 Å². The number of aromatic nitrogens is 2. The summed E-state index contributed by atoms with van der Waals surface area (Å²) in [5.41, 5.74) is 0.683. The van der Waals surface area contributed by atoms with Gasteiger partial charge in [-0.2, -0.15) is 5.26 Å². The molecular formula is C13H11FN4. The molecule has 0 saturated heterocycles. The maximum Gasteiger partial charge on any atom is 0.158 e. The molecule has 18 heavy (non-hydrogen) atoms. The van der Waals surface area contributed by atoms with Gasteiger partial charge in [-0.05, 0) is 19.1 Å². The van der Waals surface area contributed by atoms with Crippen LogP contribution in [0.3, 0.4) is 0 Å². The first-order chi connectivity index (χ1) is 8.76. The van der Waals surface area contributed by atoms with Crippen LogP contribution in [0.4, 0.5) is 15.9 Å². The molecule has 0 spiro atoms. The third kappa shape index (κ3) is 2.28. The van der Waals surface area contributed by atoms with Gasteiger partial charge in [-0.3, -0.25) is 0 Å². The molecule has 0 aliphatic rings. The average Bonchev–Trinajstić information content (AvgIpc) is 2.42. The number of benzene rings is 1. The van der Waals surface area contributed by atoms with E-state index in [0.717, 1.165) is 0 Å². The fraction of sp³-hybridized carbons (Fsp3) is 0.154. The zero-order chi connectivity index (χ0) is 13.0. The first-order valence-corrected chi connectivity index (χ1v) is 5.50. The zero-order valence-corrected chi connectivity index (χ0v) is 9.84. The van der Waals surface area contributed by atoms with Crippen LogP contribution in [0.5, 0.6) is 0 Å². The average molecular weight is 242 g/mol. The molecule has 0 atom stereocenters. The van der Waals surface area contributed by atoms with Crippen molar-refractivity contribution in [2.45, 2.75) is 6.92 Å². The second kappa shape index (κ2) is 5.23. The van der Waals surface area contributed by atoms with Crippen LogP contribution in [0.25, 0.3) is 0 Å². The van der Waals surface area contributed by atoms with Gasteiger partial charge in [-0.15, -0.1) is 0 Å². The Balaban J connectivity index is 2.40. The molecule has 1 aromatic carbocycles. The standard InChI is InChI=1S/C13H11FN4/c1-2-18(12-6-4-3-5-11(12)14)13-9-16-10(7-15)8-17-13/h3-6,8-9H,2H2,1H3. The minimum Gasteiger partial charge on any atom is -0.323 e. The third-order valence-corrected chi connectivity index (χ3v) is 2.49. The normalized spacial score (nSPS) is 9.83. The Labute approximate surface area is 104 Å². The Morgan fingerprint density at radius 2 is 2.06 bits per heavy atom. The maximum absolute atomic E-state index is 13.7. The van der Waals surface area contributed by atoms with Gasteiger partial charge >= 0.3 is 0 Å². The van der Waals surface area contributed by atoms with Crippen molar-refractivity contribution in [3.63, 3.8) is 0 Å². The lowest BCUT2D eigenvalue weighted by Crippen LogP contribution is -2.18. The largest absolute Gasteiger partial charge is 0.323 e. The summed E-state index contributed by atoms with van der Waals surface area (Å²) in [6.45, 7) is 2.45. The van der Waals surface area contributed by atoms with Gasteiger partial charge in [0.15, 0.2) is 11.5 Å². The molecule has 1 aromatic heterocycles. The highest BCUT2D eigenvalue weighted by Crippen LogP contribution is 2.25. The highest BCUT2D eigenvalue weighted by Gasteiger charge is 2.12. The molecule has 1 heterocycles. The lowest BCUT2D eigenvalue weighted by Gasteiger charge is -2.21. The highest BCUT2D eigenvalue weighted by atomic mass is 19.1. The number of hydrogen-bond donors (Lipinski definition) is 0.